The van der Waals surface area contributed by atoms with Crippen molar-refractivity contribution in [3.05, 3.63) is 48.3 Å². The molecule has 0 spiro atoms. The second-order valence-corrected chi connectivity index (χ2v) is 13.8. The van der Waals surface area contributed by atoms with Crippen LogP contribution in [0.1, 0.15) is 199 Å². The maximum absolute atomic E-state index is 2.67. The predicted molar refractivity (Wildman–Crippen MR) is 192 cm³/mol. The SMILES string of the molecule is CCCCCCCCCCCCCCCCCN1C=CN(Cc2ccccc2)C1CCCCCCCCCCCCCC. The fourth-order valence-corrected chi connectivity index (χ4v) is 6.90. The average Bonchev–Trinajstić information content (AvgIpc) is 3.40. The normalized spacial score (nSPS) is 14.8. The quantitative estimate of drug-likeness (QED) is 0.0789. The minimum Gasteiger partial charge on any atom is -0.356 e. The second kappa shape index (κ2) is 28.1. The Morgan fingerprint density at radius 2 is 0.791 bits per heavy atom. The van der Waals surface area contributed by atoms with Gasteiger partial charge in [0.2, 0.25) is 0 Å². The molecule has 0 saturated carbocycles. The molecule has 0 bridgehead atoms. The Hall–Kier alpha value is -1.44. The first-order chi connectivity index (χ1) is 21.3. The summed E-state index contributed by atoms with van der Waals surface area (Å²) in [5.74, 6) is 0. The molecule has 1 aromatic carbocycles. The van der Waals surface area contributed by atoms with E-state index in [-0.39, 0.29) is 0 Å². The van der Waals surface area contributed by atoms with E-state index in [2.05, 4.69) is 66.4 Å². The maximum atomic E-state index is 2.67. The first kappa shape index (κ1) is 37.7. The van der Waals surface area contributed by atoms with E-state index in [1.807, 2.05) is 0 Å². The topological polar surface area (TPSA) is 6.48 Å². The van der Waals surface area contributed by atoms with Crippen LogP contribution in [-0.2, 0) is 6.54 Å². The minimum absolute atomic E-state index is 0.551. The van der Waals surface area contributed by atoms with Gasteiger partial charge < -0.3 is 9.80 Å². The molecule has 0 fully saturated rings. The Morgan fingerprint density at radius 3 is 1.23 bits per heavy atom. The van der Waals surface area contributed by atoms with Gasteiger partial charge in [-0.25, -0.2) is 0 Å². The summed E-state index contributed by atoms with van der Waals surface area (Å²) in [6, 6.07) is 11.1. The highest BCUT2D eigenvalue weighted by Crippen LogP contribution is 2.25. The molecule has 0 aromatic heterocycles. The summed E-state index contributed by atoms with van der Waals surface area (Å²) in [5, 5.41) is 0. The summed E-state index contributed by atoms with van der Waals surface area (Å²) in [4.78, 5) is 5.28. The monoisotopic (exact) mass is 595 g/mol. The van der Waals surface area contributed by atoms with Crippen molar-refractivity contribution in [2.45, 2.75) is 206 Å². The Morgan fingerprint density at radius 1 is 0.419 bits per heavy atom. The summed E-state index contributed by atoms with van der Waals surface area (Å²) in [6.07, 6.45) is 45.3. The summed E-state index contributed by atoms with van der Waals surface area (Å²) in [5.41, 5.74) is 1.43. The Kier molecular flexibility index (Phi) is 24.6. The number of benzene rings is 1. The molecular formula is C41H74N2. The Labute approximate surface area is 270 Å². The van der Waals surface area contributed by atoms with Crippen LogP contribution in [0.3, 0.4) is 0 Å². The molecule has 0 amide bonds. The van der Waals surface area contributed by atoms with Gasteiger partial charge in [-0.1, -0.05) is 205 Å². The van der Waals surface area contributed by atoms with Crippen LogP contribution in [0.15, 0.2) is 42.7 Å². The Balaban J connectivity index is 1.54. The largest absolute Gasteiger partial charge is 0.356 e. The predicted octanol–water partition coefficient (Wildman–Crippen LogP) is 13.6. The first-order valence-corrected chi connectivity index (χ1v) is 19.6. The summed E-state index contributed by atoms with van der Waals surface area (Å²) in [6.45, 7) is 6.88. The molecule has 0 saturated heterocycles. The highest BCUT2D eigenvalue weighted by Gasteiger charge is 2.25. The highest BCUT2D eigenvalue weighted by molar-refractivity contribution is 5.16. The van der Waals surface area contributed by atoms with Gasteiger partial charge in [0.1, 0.15) is 6.17 Å². The van der Waals surface area contributed by atoms with Gasteiger partial charge in [-0.3, -0.25) is 0 Å². The molecule has 0 N–H and O–H groups in total. The minimum atomic E-state index is 0.551. The van der Waals surface area contributed by atoms with Gasteiger partial charge in [-0.2, -0.15) is 0 Å². The van der Waals surface area contributed by atoms with Gasteiger partial charge in [0, 0.05) is 25.5 Å². The molecule has 1 atom stereocenters. The second-order valence-electron chi connectivity index (χ2n) is 13.8. The number of unbranched alkanes of at least 4 members (excludes halogenated alkanes) is 25. The molecule has 0 aliphatic carbocycles. The van der Waals surface area contributed by atoms with Gasteiger partial charge in [0.05, 0.1) is 0 Å². The lowest BCUT2D eigenvalue weighted by Gasteiger charge is -2.33. The summed E-state index contributed by atoms with van der Waals surface area (Å²) < 4.78 is 0. The van der Waals surface area contributed by atoms with Crippen LogP contribution >= 0.6 is 0 Å². The summed E-state index contributed by atoms with van der Waals surface area (Å²) >= 11 is 0. The van der Waals surface area contributed by atoms with Crippen LogP contribution in [0.25, 0.3) is 0 Å². The van der Waals surface area contributed by atoms with Crippen LogP contribution in [-0.4, -0.2) is 22.5 Å². The van der Waals surface area contributed by atoms with E-state index < -0.39 is 0 Å². The number of nitrogens with zero attached hydrogens (tertiary/aromatic N) is 2. The average molecular weight is 595 g/mol. The lowest BCUT2D eigenvalue weighted by molar-refractivity contribution is 0.132. The van der Waals surface area contributed by atoms with E-state index in [0.29, 0.717) is 6.17 Å². The third-order valence-corrected chi connectivity index (χ3v) is 9.76. The lowest BCUT2D eigenvalue weighted by Crippen LogP contribution is -2.38. The van der Waals surface area contributed by atoms with Gasteiger partial charge in [0.15, 0.2) is 0 Å². The van der Waals surface area contributed by atoms with E-state index in [0.717, 1.165) is 6.54 Å². The van der Waals surface area contributed by atoms with E-state index >= 15 is 0 Å². The van der Waals surface area contributed by atoms with Crippen molar-refractivity contribution in [1.82, 2.24) is 9.80 Å². The Bertz CT molecular complexity index is 728. The zero-order chi connectivity index (χ0) is 30.5. The van der Waals surface area contributed by atoms with Crippen molar-refractivity contribution >= 4 is 0 Å². The molecule has 1 aromatic rings. The molecule has 1 aliphatic heterocycles. The molecule has 0 radical (unpaired) electrons. The standard InChI is InChI=1S/C41H74N2/c1-3-5-7-9-11-13-15-17-18-19-21-23-25-27-32-36-42-37-38-43(39-40-33-29-28-30-34-40)41(42)35-31-26-24-22-20-16-14-12-10-8-6-4-2/h28-30,33-34,37-38,41H,3-27,31-32,35-36,39H2,1-2H3. The fraction of sp³-hybridized carbons (Fsp3) is 0.805. The molecule has 1 aliphatic rings. The zero-order valence-electron chi connectivity index (χ0n) is 29.2. The number of hydrogen-bond acceptors (Lipinski definition) is 2. The van der Waals surface area contributed by atoms with Crippen molar-refractivity contribution in [1.29, 1.82) is 0 Å². The maximum Gasteiger partial charge on any atom is 0.101 e. The fourth-order valence-electron chi connectivity index (χ4n) is 6.90. The highest BCUT2D eigenvalue weighted by atomic mass is 15.4. The van der Waals surface area contributed by atoms with Crippen molar-refractivity contribution in [3.8, 4) is 0 Å². The zero-order valence-corrected chi connectivity index (χ0v) is 29.2. The molecule has 1 unspecified atom stereocenters. The third-order valence-electron chi connectivity index (χ3n) is 9.76. The molecule has 2 rings (SSSR count). The van der Waals surface area contributed by atoms with Crippen molar-refractivity contribution in [3.63, 3.8) is 0 Å². The first-order valence-electron chi connectivity index (χ1n) is 19.6. The molecule has 2 nitrogen and oxygen atoms in total. The molecule has 1 heterocycles. The van der Waals surface area contributed by atoms with Gasteiger partial charge >= 0.3 is 0 Å². The number of rotatable bonds is 31. The van der Waals surface area contributed by atoms with Crippen LogP contribution in [0.4, 0.5) is 0 Å². The third kappa shape index (κ3) is 20.3. The van der Waals surface area contributed by atoms with Gasteiger partial charge in [-0.15, -0.1) is 0 Å². The van der Waals surface area contributed by atoms with Crippen LogP contribution in [0, 0.1) is 0 Å². The smallest absolute Gasteiger partial charge is 0.101 e. The number of hydrogen-bond donors (Lipinski definition) is 0. The molecular weight excluding hydrogens is 520 g/mol. The van der Waals surface area contributed by atoms with Gasteiger partial charge in [-0.05, 0) is 24.8 Å². The van der Waals surface area contributed by atoms with Crippen LogP contribution in [0.5, 0.6) is 0 Å². The van der Waals surface area contributed by atoms with Crippen molar-refractivity contribution in [2.24, 2.45) is 0 Å². The molecule has 2 heteroatoms. The van der Waals surface area contributed by atoms with Crippen molar-refractivity contribution in [2.75, 3.05) is 6.54 Å². The van der Waals surface area contributed by atoms with Crippen LogP contribution in [0.2, 0.25) is 0 Å². The van der Waals surface area contributed by atoms with E-state index in [9.17, 15) is 0 Å². The van der Waals surface area contributed by atoms with Crippen molar-refractivity contribution < 1.29 is 0 Å². The van der Waals surface area contributed by atoms with Gasteiger partial charge in [0.25, 0.3) is 0 Å². The van der Waals surface area contributed by atoms with E-state index in [1.165, 1.54) is 192 Å². The molecule has 43 heavy (non-hydrogen) atoms. The lowest BCUT2D eigenvalue weighted by atomic mass is 10.0. The van der Waals surface area contributed by atoms with Crippen LogP contribution < -0.4 is 0 Å². The summed E-state index contributed by atoms with van der Waals surface area (Å²) in [7, 11) is 0. The molecule has 248 valence electrons. The van der Waals surface area contributed by atoms with E-state index in [1.54, 1.807) is 0 Å². The van der Waals surface area contributed by atoms with E-state index in [4.69, 9.17) is 0 Å².